The highest BCUT2D eigenvalue weighted by Crippen LogP contribution is 2.26. The molecule has 7 heteroatoms. The Labute approximate surface area is 125 Å². The third-order valence-corrected chi connectivity index (χ3v) is 6.41. The molecule has 0 aliphatic carbocycles. The summed E-state index contributed by atoms with van der Waals surface area (Å²) in [5.41, 5.74) is 0.682. The van der Waals surface area contributed by atoms with Crippen molar-refractivity contribution in [3.63, 3.8) is 0 Å². The fraction of sp³-hybridized carbons (Fsp3) is 0.692. The Morgan fingerprint density at radius 3 is 2.70 bits per heavy atom. The summed E-state index contributed by atoms with van der Waals surface area (Å²) >= 11 is 1.27. The van der Waals surface area contributed by atoms with E-state index in [1.807, 2.05) is 7.05 Å². The molecule has 0 saturated heterocycles. The van der Waals surface area contributed by atoms with E-state index in [0.29, 0.717) is 29.6 Å². The minimum Gasteiger partial charge on any atom is -0.391 e. The Balaban J connectivity index is 2.69. The monoisotopic (exact) mass is 320 g/mol. The highest BCUT2D eigenvalue weighted by molar-refractivity contribution is 7.89. The van der Waals surface area contributed by atoms with Crippen molar-refractivity contribution in [1.29, 1.82) is 0 Å². The van der Waals surface area contributed by atoms with Crippen LogP contribution < -0.4 is 4.72 Å². The molecule has 2 N–H and O–H groups in total. The van der Waals surface area contributed by atoms with Gasteiger partial charge in [-0.1, -0.05) is 6.92 Å². The van der Waals surface area contributed by atoms with Gasteiger partial charge in [-0.2, -0.15) is 0 Å². The van der Waals surface area contributed by atoms with E-state index in [9.17, 15) is 13.5 Å². The molecule has 1 atom stereocenters. The van der Waals surface area contributed by atoms with Gasteiger partial charge in [0.1, 0.15) is 4.90 Å². The normalized spacial score (nSPS) is 13.9. The van der Waals surface area contributed by atoms with E-state index in [4.69, 9.17) is 0 Å². The van der Waals surface area contributed by atoms with Crippen molar-refractivity contribution in [2.75, 3.05) is 20.1 Å². The van der Waals surface area contributed by atoms with Gasteiger partial charge in [0, 0.05) is 19.1 Å². The van der Waals surface area contributed by atoms with E-state index in [-0.39, 0.29) is 11.5 Å². The van der Waals surface area contributed by atoms with Crippen molar-refractivity contribution in [2.45, 2.75) is 44.7 Å². The number of aliphatic hydroxyl groups is 1. The topological polar surface area (TPSA) is 69.6 Å². The van der Waals surface area contributed by atoms with Crippen molar-refractivity contribution < 1.29 is 13.5 Å². The molecule has 1 unspecified atom stereocenters. The van der Waals surface area contributed by atoms with Gasteiger partial charge in [-0.15, -0.1) is 11.3 Å². The second kappa shape index (κ2) is 7.51. The van der Waals surface area contributed by atoms with Gasteiger partial charge in [0.05, 0.1) is 11.5 Å². The molecule has 0 amide bonds. The minimum atomic E-state index is -3.54. The maximum Gasteiger partial charge on any atom is 0.242 e. The number of nitrogens with one attached hydrogen (secondary N) is 1. The van der Waals surface area contributed by atoms with Gasteiger partial charge in [-0.25, -0.2) is 13.1 Å². The Hall–Kier alpha value is -0.470. The van der Waals surface area contributed by atoms with Crippen LogP contribution in [0.4, 0.5) is 0 Å². The quantitative estimate of drug-likeness (QED) is 0.762. The Morgan fingerprint density at radius 2 is 2.15 bits per heavy atom. The summed E-state index contributed by atoms with van der Waals surface area (Å²) in [6.07, 6.45) is 1.03. The van der Waals surface area contributed by atoms with Gasteiger partial charge in [0.2, 0.25) is 10.0 Å². The zero-order valence-corrected chi connectivity index (χ0v) is 14.1. The lowest BCUT2D eigenvalue weighted by atomic mass is 10.2. The van der Waals surface area contributed by atoms with Crippen LogP contribution in [0.15, 0.2) is 10.3 Å². The molecule has 1 aromatic heterocycles. The van der Waals surface area contributed by atoms with Crippen molar-refractivity contribution >= 4 is 21.4 Å². The van der Waals surface area contributed by atoms with E-state index in [0.717, 1.165) is 6.42 Å². The van der Waals surface area contributed by atoms with Crippen LogP contribution in [-0.4, -0.2) is 44.6 Å². The molecule has 20 heavy (non-hydrogen) atoms. The SMILES string of the molecule is CCC(C)N(C)CCNS(=O)(=O)c1c(C)csc1CO. The van der Waals surface area contributed by atoms with Crippen LogP contribution in [0.2, 0.25) is 0 Å². The zero-order chi connectivity index (χ0) is 15.3. The number of rotatable bonds is 8. The van der Waals surface area contributed by atoms with Crippen LogP contribution in [0, 0.1) is 6.92 Å². The average molecular weight is 320 g/mol. The third kappa shape index (κ3) is 4.26. The van der Waals surface area contributed by atoms with E-state index in [1.54, 1.807) is 12.3 Å². The van der Waals surface area contributed by atoms with Crippen molar-refractivity contribution in [1.82, 2.24) is 9.62 Å². The molecule has 0 radical (unpaired) electrons. The first-order valence-corrected chi connectivity index (χ1v) is 9.07. The molecule has 0 saturated carbocycles. The van der Waals surface area contributed by atoms with E-state index in [2.05, 4.69) is 23.5 Å². The predicted molar refractivity (Wildman–Crippen MR) is 82.6 cm³/mol. The Morgan fingerprint density at radius 1 is 1.50 bits per heavy atom. The number of aliphatic hydroxyl groups excluding tert-OH is 1. The summed E-state index contributed by atoms with van der Waals surface area (Å²) in [5.74, 6) is 0. The molecule has 0 spiro atoms. The summed E-state index contributed by atoms with van der Waals surface area (Å²) in [5, 5.41) is 11.0. The van der Waals surface area contributed by atoms with Crippen LogP contribution in [0.5, 0.6) is 0 Å². The molecule has 0 fully saturated rings. The van der Waals surface area contributed by atoms with Crippen LogP contribution in [0.3, 0.4) is 0 Å². The fourth-order valence-corrected chi connectivity index (χ4v) is 4.60. The van der Waals surface area contributed by atoms with E-state index < -0.39 is 10.0 Å². The number of aryl methyl sites for hydroxylation is 1. The summed E-state index contributed by atoms with van der Waals surface area (Å²) in [6, 6.07) is 0.426. The van der Waals surface area contributed by atoms with E-state index in [1.165, 1.54) is 11.3 Å². The number of likely N-dealkylation sites (N-methyl/N-ethyl adjacent to an activating group) is 1. The van der Waals surface area contributed by atoms with Gasteiger partial charge < -0.3 is 10.0 Å². The number of hydrogen-bond donors (Lipinski definition) is 2. The van der Waals surface area contributed by atoms with Crippen LogP contribution in [-0.2, 0) is 16.6 Å². The van der Waals surface area contributed by atoms with Crippen molar-refractivity contribution in [3.05, 3.63) is 15.8 Å². The van der Waals surface area contributed by atoms with Crippen molar-refractivity contribution in [3.8, 4) is 0 Å². The number of thiophene rings is 1. The average Bonchev–Trinajstić information content (AvgIpc) is 2.79. The van der Waals surface area contributed by atoms with Gasteiger partial charge in [-0.05, 0) is 38.3 Å². The number of nitrogens with zero attached hydrogens (tertiary/aromatic N) is 1. The molecule has 0 aliphatic rings. The first-order chi connectivity index (χ1) is 9.33. The highest BCUT2D eigenvalue weighted by Gasteiger charge is 2.22. The lowest BCUT2D eigenvalue weighted by Crippen LogP contribution is -2.37. The molecule has 1 aromatic rings. The molecule has 0 bridgehead atoms. The first kappa shape index (κ1) is 17.6. The lowest BCUT2D eigenvalue weighted by Gasteiger charge is -2.23. The highest BCUT2D eigenvalue weighted by atomic mass is 32.2. The molecule has 1 rings (SSSR count). The van der Waals surface area contributed by atoms with Crippen LogP contribution >= 0.6 is 11.3 Å². The smallest absolute Gasteiger partial charge is 0.242 e. The van der Waals surface area contributed by atoms with Crippen LogP contribution in [0.25, 0.3) is 0 Å². The molecule has 116 valence electrons. The number of hydrogen-bond acceptors (Lipinski definition) is 5. The van der Waals surface area contributed by atoms with Crippen molar-refractivity contribution in [2.24, 2.45) is 0 Å². The van der Waals surface area contributed by atoms with E-state index >= 15 is 0 Å². The summed E-state index contributed by atoms with van der Waals surface area (Å²) in [6.45, 7) is 6.74. The van der Waals surface area contributed by atoms with Gasteiger partial charge in [0.15, 0.2) is 0 Å². The molecule has 5 nitrogen and oxygen atoms in total. The van der Waals surface area contributed by atoms with Gasteiger partial charge in [0.25, 0.3) is 0 Å². The maximum atomic E-state index is 12.3. The Kier molecular flexibility index (Phi) is 6.60. The zero-order valence-electron chi connectivity index (χ0n) is 12.5. The number of sulfonamides is 1. The molecular weight excluding hydrogens is 296 g/mol. The maximum absolute atomic E-state index is 12.3. The third-order valence-electron chi connectivity index (χ3n) is 3.50. The predicted octanol–water partition coefficient (Wildman–Crippen LogP) is 1.56. The summed E-state index contributed by atoms with van der Waals surface area (Å²) in [4.78, 5) is 2.84. The summed E-state index contributed by atoms with van der Waals surface area (Å²) in [7, 11) is -1.56. The largest absolute Gasteiger partial charge is 0.391 e. The molecule has 0 aliphatic heterocycles. The Bertz CT molecular complexity index is 526. The van der Waals surface area contributed by atoms with Gasteiger partial charge >= 0.3 is 0 Å². The summed E-state index contributed by atoms with van der Waals surface area (Å²) < 4.78 is 27.2. The first-order valence-electron chi connectivity index (χ1n) is 6.71. The van der Waals surface area contributed by atoms with Crippen LogP contribution in [0.1, 0.15) is 30.7 Å². The molecular formula is C13H24N2O3S2. The standard InChI is InChI=1S/C13H24N2O3S2/c1-5-11(3)15(4)7-6-14-20(17,18)13-10(2)9-19-12(13)8-16/h9,11,14,16H,5-8H2,1-4H3. The fourth-order valence-electron chi connectivity index (χ4n) is 1.92. The molecule has 0 aromatic carbocycles. The van der Waals surface area contributed by atoms with Gasteiger partial charge in [-0.3, -0.25) is 0 Å². The second-order valence-electron chi connectivity index (χ2n) is 4.96. The minimum absolute atomic E-state index is 0.233. The second-order valence-corrected chi connectivity index (χ2v) is 7.63. The lowest BCUT2D eigenvalue weighted by molar-refractivity contribution is 0.256. The molecule has 1 heterocycles.